The van der Waals surface area contributed by atoms with E-state index in [0.29, 0.717) is 11.3 Å². The lowest BCUT2D eigenvalue weighted by atomic mass is 9.94. The minimum absolute atomic E-state index is 0.0889. The quantitative estimate of drug-likeness (QED) is 0.761. The third-order valence-corrected chi connectivity index (χ3v) is 2.93. The van der Waals surface area contributed by atoms with Gasteiger partial charge in [-0.15, -0.1) is 0 Å². The van der Waals surface area contributed by atoms with Crippen LogP contribution in [0.1, 0.15) is 49.9 Å². The van der Waals surface area contributed by atoms with Crippen molar-refractivity contribution in [2.24, 2.45) is 0 Å². The van der Waals surface area contributed by atoms with Crippen LogP contribution in [0.25, 0.3) is 0 Å². The molecular weight excluding hydrogens is 226 g/mol. The van der Waals surface area contributed by atoms with Crippen molar-refractivity contribution in [3.8, 4) is 5.75 Å². The normalized spacial score (nSPS) is 15.4. The van der Waals surface area contributed by atoms with E-state index in [-0.39, 0.29) is 11.9 Å². The molecule has 3 nitrogen and oxygen atoms in total. The van der Waals surface area contributed by atoms with E-state index in [0.717, 1.165) is 24.8 Å². The number of aromatic nitrogens is 1. The van der Waals surface area contributed by atoms with Gasteiger partial charge in [0.2, 0.25) is 0 Å². The van der Waals surface area contributed by atoms with Gasteiger partial charge >= 0.3 is 0 Å². The highest BCUT2D eigenvalue weighted by atomic mass is 16.5. The molecule has 0 fully saturated rings. The second kappa shape index (κ2) is 5.80. The van der Waals surface area contributed by atoms with Gasteiger partial charge in [-0.3, -0.25) is 9.78 Å². The molecule has 0 amide bonds. The average molecular weight is 245 g/mol. The Labute approximate surface area is 108 Å². The maximum atomic E-state index is 12.3. The highest BCUT2D eigenvalue weighted by Crippen LogP contribution is 2.22. The van der Waals surface area contributed by atoms with Crippen molar-refractivity contribution in [3.05, 3.63) is 35.7 Å². The van der Waals surface area contributed by atoms with E-state index in [9.17, 15) is 4.79 Å². The molecule has 0 saturated carbocycles. The number of rotatable bonds is 4. The summed E-state index contributed by atoms with van der Waals surface area (Å²) in [7, 11) is 0. The molecule has 18 heavy (non-hydrogen) atoms. The van der Waals surface area contributed by atoms with Crippen molar-refractivity contribution in [1.82, 2.24) is 4.98 Å². The van der Waals surface area contributed by atoms with Gasteiger partial charge in [-0.05, 0) is 51.2 Å². The van der Waals surface area contributed by atoms with Crippen LogP contribution in [-0.4, -0.2) is 16.9 Å². The number of allylic oxidation sites excluding steroid dienone is 2. The lowest BCUT2D eigenvalue weighted by Gasteiger charge is -2.13. The van der Waals surface area contributed by atoms with Gasteiger partial charge in [-0.1, -0.05) is 6.08 Å². The summed E-state index contributed by atoms with van der Waals surface area (Å²) in [5, 5.41) is 0. The molecule has 0 radical (unpaired) electrons. The third kappa shape index (κ3) is 3.19. The number of Topliss-reactive ketones (excluding diaryl/α,β-unsaturated/α-hetero) is 1. The van der Waals surface area contributed by atoms with Crippen LogP contribution >= 0.6 is 0 Å². The van der Waals surface area contributed by atoms with Gasteiger partial charge in [0.05, 0.1) is 12.3 Å². The van der Waals surface area contributed by atoms with Crippen molar-refractivity contribution in [2.75, 3.05) is 0 Å². The van der Waals surface area contributed by atoms with Crippen molar-refractivity contribution in [3.63, 3.8) is 0 Å². The molecule has 2 rings (SSSR count). The van der Waals surface area contributed by atoms with Crippen LogP contribution in [0, 0.1) is 0 Å². The predicted molar refractivity (Wildman–Crippen MR) is 70.9 cm³/mol. The van der Waals surface area contributed by atoms with Gasteiger partial charge in [0.15, 0.2) is 5.78 Å². The molecule has 0 spiro atoms. The van der Waals surface area contributed by atoms with Crippen LogP contribution in [0.2, 0.25) is 0 Å². The molecule has 0 N–H and O–H groups in total. The van der Waals surface area contributed by atoms with E-state index in [4.69, 9.17) is 4.74 Å². The summed E-state index contributed by atoms with van der Waals surface area (Å²) in [5.74, 6) is 0.753. The van der Waals surface area contributed by atoms with Crippen LogP contribution in [0.4, 0.5) is 0 Å². The molecule has 96 valence electrons. The number of ether oxygens (including phenoxy) is 1. The largest absolute Gasteiger partial charge is 0.489 e. The molecule has 0 saturated heterocycles. The molecule has 1 aromatic heterocycles. The monoisotopic (exact) mass is 245 g/mol. The first-order chi connectivity index (χ1) is 8.66. The molecule has 0 unspecified atom stereocenters. The van der Waals surface area contributed by atoms with E-state index >= 15 is 0 Å². The molecule has 0 atom stereocenters. The zero-order chi connectivity index (χ0) is 13.0. The fraction of sp³-hybridized carbons (Fsp3) is 0.467. The van der Waals surface area contributed by atoms with Gasteiger partial charge in [-0.25, -0.2) is 0 Å². The van der Waals surface area contributed by atoms with Crippen molar-refractivity contribution in [2.45, 2.75) is 45.6 Å². The second-order valence-corrected chi connectivity index (χ2v) is 4.88. The highest BCUT2D eigenvalue weighted by Gasteiger charge is 2.15. The summed E-state index contributed by atoms with van der Waals surface area (Å²) in [6, 6.07) is 1.78. The van der Waals surface area contributed by atoms with Crippen molar-refractivity contribution < 1.29 is 9.53 Å². The van der Waals surface area contributed by atoms with Gasteiger partial charge in [0.1, 0.15) is 5.75 Å². The highest BCUT2D eigenvalue weighted by molar-refractivity contribution is 6.08. The van der Waals surface area contributed by atoms with Crippen molar-refractivity contribution >= 4 is 5.78 Å². The van der Waals surface area contributed by atoms with E-state index in [1.54, 1.807) is 18.5 Å². The van der Waals surface area contributed by atoms with E-state index in [1.165, 1.54) is 6.42 Å². The molecule has 1 aliphatic rings. The summed E-state index contributed by atoms with van der Waals surface area (Å²) in [6.45, 7) is 3.91. The first-order valence-corrected chi connectivity index (χ1v) is 6.52. The van der Waals surface area contributed by atoms with Gasteiger partial charge in [-0.2, -0.15) is 0 Å². The van der Waals surface area contributed by atoms with E-state index in [2.05, 4.69) is 11.1 Å². The van der Waals surface area contributed by atoms with Crippen molar-refractivity contribution in [1.29, 1.82) is 0 Å². The Morgan fingerprint density at radius 1 is 1.33 bits per heavy atom. The zero-order valence-electron chi connectivity index (χ0n) is 11.0. The van der Waals surface area contributed by atoms with Gasteiger partial charge < -0.3 is 4.74 Å². The number of carbonyl (C=O) groups excluding carboxylic acids is 1. The first-order valence-electron chi connectivity index (χ1n) is 6.52. The number of carbonyl (C=O) groups is 1. The Kier molecular flexibility index (Phi) is 4.13. The Bertz CT molecular complexity index is 463. The first kappa shape index (κ1) is 12.8. The topological polar surface area (TPSA) is 39.2 Å². The molecular formula is C15H19NO2. The molecule has 3 heteroatoms. The standard InChI is InChI=1S/C15H19NO2/c1-11(2)18-14-8-13(9-16-10-14)15(17)12-6-4-3-5-7-12/h6,8-11H,3-5,7H2,1-2H3. The number of hydrogen-bond donors (Lipinski definition) is 0. The Morgan fingerprint density at radius 3 is 2.83 bits per heavy atom. The summed E-state index contributed by atoms with van der Waals surface area (Å²) < 4.78 is 5.56. The minimum atomic E-state index is 0.0889. The maximum absolute atomic E-state index is 12.3. The summed E-state index contributed by atoms with van der Waals surface area (Å²) >= 11 is 0. The smallest absolute Gasteiger partial charge is 0.190 e. The molecule has 0 aliphatic heterocycles. The van der Waals surface area contributed by atoms with Crippen LogP contribution in [0.3, 0.4) is 0 Å². The molecule has 0 aromatic carbocycles. The average Bonchev–Trinajstić information content (AvgIpc) is 2.38. The van der Waals surface area contributed by atoms with Crippen LogP contribution in [0.15, 0.2) is 30.1 Å². The van der Waals surface area contributed by atoms with E-state index < -0.39 is 0 Å². The molecule has 1 aliphatic carbocycles. The summed E-state index contributed by atoms with van der Waals surface area (Å²) in [6.07, 6.45) is 9.59. The molecule has 1 heterocycles. The number of hydrogen-bond acceptors (Lipinski definition) is 3. The van der Waals surface area contributed by atoms with E-state index in [1.807, 2.05) is 13.8 Å². The number of nitrogens with zero attached hydrogens (tertiary/aromatic N) is 1. The van der Waals surface area contributed by atoms with Gasteiger partial charge in [0.25, 0.3) is 0 Å². The fourth-order valence-corrected chi connectivity index (χ4v) is 2.11. The van der Waals surface area contributed by atoms with Gasteiger partial charge in [0, 0.05) is 11.8 Å². The third-order valence-electron chi connectivity index (χ3n) is 2.93. The Hall–Kier alpha value is -1.64. The minimum Gasteiger partial charge on any atom is -0.489 e. The number of ketones is 1. The van der Waals surface area contributed by atoms with Crippen LogP contribution in [0.5, 0.6) is 5.75 Å². The Balaban J connectivity index is 2.17. The van der Waals surface area contributed by atoms with Crippen LogP contribution < -0.4 is 4.74 Å². The second-order valence-electron chi connectivity index (χ2n) is 4.88. The van der Waals surface area contributed by atoms with Crippen LogP contribution in [-0.2, 0) is 0 Å². The summed E-state index contributed by atoms with van der Waals surface area (Å²) in [4.78, 5) is 16.4. The zero-order valence-corrected chi connectivity index (χ0v) is 11.0. The lowest BCUT2D eigenvalue weighted by molar-refractivity contribution is 0.102. The SMILES string of the molecule is CC(C)Oc1cncc(C(=O)C2=CCCCC2)c1. The molecule has 0 bridgehead atoms. The fourth-order valence-electron chi connectivity index (χ4n) is 2.11. The Morgan fingerprint density at radius 2 is 2.17 bits per heavy atom. The number of pyridine rings is 1. The molecule has 1 aromatic rings. The summed E-state index contributed by atoms with van der Waals surface area (Å²) in [5.41, 5.74) is 1.55. The maximum Gasteiger partial charge on any atom is 0.190 e. The lowest BCUT2D eigenvalue weighted by Crippen LogP contribution is -2.09. The predicted octanol–water partition coefficient (Wildman–Crippen LogP) is 3.55.